The lowest BCUT2D eigenvalue weighted by Crippen LogP contribution is -2.30. The molecule has 1 unspecified atom stereocenters. The van der Waals surface area contributed by atoms with Crippen molar-refractivity contribution in [2.24, 2.45) is 0 Å². The van der Waals surface area contributed by atoms with Crippen molar-refractivity contribution in [3.63, 3.8) is 0 Å². The molecule has 3 N–H and O–H groups in total. The fourth-order valence-corrected chi connectivity index (χ4v) is 4.99. The average molecular weight is 578 g/mol. The number of hydrogen-bond acceptors (Lipinski definition) is 4. The highest BCUT2D eigenvalue weighted by atomic mass is 32.2. The Morgan fingerprint density at radius 3 is 2.07 bits per heavy atom. The highest BCUT2D eigenvalue weighted by Crippen LogP contribution is 2.26. The van der Waals surface area contributed by atoms with Gasteiger partial charge in [0.2, 0.25) is 5.91 Å². The third kappa shape index (κ3) is 8.69. The van der Waals surface area contributed by atoms with Crippen LogP contribution in [0.3, 0.4) is 0 Å². The van der Waals surface area contributed by atoms with E-state index in [0.717, 1.165) is 21.7 Å². The molecule has 0 radical (unpaired) electrons. The van der Waals surface area contributed by atoms with Crippen LogP contribution in [0.25, 0.3) is 6.08 Å². The Morgan fingerprint density at radius 1 is 0.738 bits per heavy atom. The first-order valence-corrected chi connectivity index (χ1v) is 14.7. The van der Waals surface area contributed by atoms with Crippen molar-refractivity contribution in [1.82, 2.24) is 5.32 Å². The summed E-state index contributed by atoms with van der Waals surface area (Å²) in [5, 5.41) is 8.28. The van der Waals surface area contributed by atoms with Gasteiger partial charge in [0, 0.05) is 21.8 Å². The summed E-state index contributed by atoms with van der Waals surface area (Å²) in [6.45, 7) is 8.07. The number of carbonyl (C=O) groups is 3. The van der Waals surface area contributed by atoms with E-state index in [1.807, 2.05) is 80.6 Å². The van der Waals surface area contributed by atoms with E-state index < -0.39 is 5.91 Å². The number of nitrogens with one attached hydrogen (secondary N) is 3. The molecule has 6 nitrogen and oxygen atoms in total. The van der Waals surface area contributed by atoms with Crippen LogP contribution in [0, 0.1) is 6.92 Å². The van der Waals surface area contributed by atoms with Crippen LogP contribution in [0.1, 0.15) is 53.7 Å². The summed E-state index contributed by atoms with van der Waals surface area (Å²) in [7, 11) is 0. The summed E-state index contributed by atoms with van der Waals surface area (Å²) >= 11 is 1.43. The summed E-state index contributed by atoms with van der Waals surface area (Å²) in [6, 6.07) is 31.6. The Morgan fingerprint density at radius 2 is 1.43 bits per heavy atom. The van der Waals surface area contributed by atoms with Gasteiger partial charge in [-0.25, -0.2) is 0 Å². The lowest BCUT2D eigenvalue weighted by atomic mass is 10.0. The fourth-order valence-electron chi connectivity index (χ4n) is 4.13. The van der Waals surface area contributed by atoms with Crippen molar-refractivity contribution in [1.29, 1.82) is 0 Å². The van der Waals surface area contributed by atoms with Gasteiger partial charge >= 0.3 is 0 Å². The van der Waals surface area contributed by atoms with Crippen LogP contribution in [0.2, 0.25) is 0 Å². The molecule has 0 aliphatic carbocycles. The molecule has 0 aliphatic rings. The zero-order valence-electron chi connectivity index (χ0n) is 24.2. The van der Waals surface area contributed by atoms with Crippen LogP contribution >= 0.6 is 11.8 Å². The first-order valence-electron chi connectivity index (χ1n) is 13.8. The predicted octanol–water partition coefficient (Wildman–Crippen LogP) is 7.65. The molecule has 4 aromatic carbocycles. The van der Waals surface area contributed by atoms with Gasteiger partial charge in [-0.15, -0.1) is 11.8 Å². The average Bonchev–Trinajstić information content (AvgIpc) is 2.98. The molecule has 0 saturated carbocycles. The minimum absolute atomic E-state index is 0.0895. The highest BCUT2D eigenvalue weighted by molar-refractivity contribution is 8.00. The molecule has 0 heterocycles. The van der Waals surface area contributed by atoms with Crippen LogP contribution in [0.15, 0.2) is 114 Å². The van der Waals surface area contributed by atoms with Crippen molar-refractivity contribution in [2.45, 2.75) is 43.8 Å². The molecule has 214 valence electrons. The maximum Gasteiger partial charge on any atom is 0.272 e. The smallest absolute Gasteiger partial charge is 0.272 e. The molecule has 0 aliphatic heterocycles. The monoisotopic (exact) mass is 577 g/mol. The number of hydrogen-bond donors (Lipinski definition) is 3. The van der Waals surface area contributed by atoms with Crippen molar-refractivity contribution in [3.8, 4) is 0 Å². The van der Waals surface area contributed by atoms with Gasteiger partial charge in [0.1, 0.15) is 5.70 Å². The summed E-state index contributed by atoms with van der Waals surface area (Å²) in [5.74, 6) is -0.525. The Hall–Kier alpha value is -4.62. The molecule has 0 fully saturated rings. The van der Waals surface area contributed by atoms with Crippen molar-refractivity contribution in [3.05, 3.63) is 131 Å². The van der Waals surface area contributed by atoms with Gasteiger partial charge in [-0.2, -0.15) is 0 Å². The second-order valence-electron chi connectivity index (χ2n) is 10.3. The highest BCUT2D eigenvalue weighted by Gasteiger charge is 2.17. The molecular formula is C35H35N3O3S. The Kier molecular flexibility index (Phi) is 10.3. The van der Waals surface area contributed by atoms with E-state index in [-0.39, 0.29) is 22.8 Å². The van der Waals surface area contributed by atoms with Gasteiger partial charge in [-0.05, 0) is 91.1 Å². The maximum absolute atomic E-state index is 13.4. The topological polar surface area (TPSA) is 87.3 Å². The number of anilines is 2. The minimum atomic E-state index is -0.446. The van der Waals surface area contributed by atoms with Gasteiger partial charge in [0.05, 0.1) is 5.25 Å². The normalized spacial score (nSPS) is 12.0. The molecule has 4 rings (SSSR count). The standard InChI is InChI=1S/C35H35N3O3S/c1-23(2)27-15-13-26(14-16-27)22-32(38-34(40)28-10-6-5-7-11-28)35(41)36-29-17-19-31(20-18-29)42-25(4)33(39)37-30-12-8-9-24(3)21-30/h5-23,25H,1-4H3,(H,36,41)(H,37,39)(H,38,40)/b32-22-. The van der Waals surface area contributed by atoms with E-state index in [1.54, 1.807) is 42.5 Å². The molecule has 3 amide bonds. The zero-order chi connectivity index (χ0) is 30.1. The SMILES string of the molecule is Cc1cccc(NC(=O)C(C)Sc2ccc(NC(=O)/C(=C/c3ccc(C(C)C)cc3)NC(=O)c3ccccc3)cc2)c1. The third-order valence-corrected chi connectivity index (χ3v) is 7.63. The van der Waals surface area contributed by atoms with Crippen LogP contribution in [0.4, 0.5) is 11.4 Å². The number of thioether (sulfide) groups is 1. The van der Waals surface area contributed by atoms with Crippen molar-refractivity contribution < 1.29 is 14.4 Å². The maximum atomic E-state index is 13.4. The molecule has 0 spiro atoms. The third-order valence-electron chi connectivity index (χ3n) is 6.52. The Balaban J connectivity index is 1.44. The molecule has 42 heavy (non-hydrogen) atoms. The Bertz CT molecular complexity index is 1560. The lowest BCUT2D eigenvalue weighted by Gasteiger charge is -2.14. The molecule has 4 aromatic rings. The van der Waals surface area contributed by atoms with E-state index in [0.29, 0.717) is 17.2 Å². The van der Waals surface area contributed by atoms with E-state index in [9.17, 15) is 14.4 Å². The molecule has 1 atom stereocenters. The van der Waals surface area contributed by atoms with E-state index in [2.05, 4.69) is 29.8 Å². The van der Waals surface area contributed by atoms with Gasteiger partial charge < -0.3 is 16.0 Å². The second kappa shape index (κ2) is 14.3. The van der Waals surface area contributed by atoms with E-state index >= 15 is 0 Å². The largest absolute Gasteiger partial charge is 0.325 e. The van der Waals surface area contributed by atoms with Gasteiger partial charge in [-0.3, -0.25) is 14.4 Å². The quantitative estimate of drug-likeness (QED) is 0.133. The summed E-state index contributed by atoms with van der Waals surface area (Å²) < 4.78 is 0. The van der Waals surface area contributed by atoms with Crippen LogP contribution in [-0.4, -0.2) is 23.0 Å². The van der Waals surface area contributed by atoms with Crippen molar-refractivity contribution >= 4 is 46.9 Å². The first kappa shape index (κ1) is 30.3. The minimum Gasteiger partial charge on any atom is -0.325 e. The molecular weight excluding hydrogens is 542 g/mol. The summed E-state index contributed by atoms with van der Waals surface area (Å²) in [5.41, 5.74) is 4.97. The summed E-state index contributed by atoms with van der Waals surface area (Å²) in [6.07, 6.45) is 1.67. The molecule has 0 bridgehead atoms. The fraction of sp³-hybridized carbons (Fsp3) is 0.171. The summed E-state index contributed by atoms with van der Waals surface area (Å²) in [4.78, 5) is 39.8. The van der Waals surface area contributed by atoms with Crippen LogP contribution in [0.5, 0.6) is 0 Å². The zero-order valence-corrected chi connectivity index (χ0v) is 25.0. The number of benzene rings is 4. The van der Waals surface area contributed by atoms with Gasteiger partial charge in [-0.1, -0.05) is 68.4 Å². The second-order valence-corrected chi connectivity index (χ2v) is 11.7. The van der Waals surface area contributed by atoms with Crippen LogP contribution in [-0.2, 0) is 9.59 Å². The predicted molar refractivity (Wildman–Crippen MR) is 173 cm³/mol. The lowest BCUT2D eigenvalue weighted by molar-refractivity contribution is -0.115. The molecule has 0 saturated heterocycles. The van der Waals surface area contributed by atoms with E-state index in [1.165, 1.54) is 17.3 Å². The van der Waals surface area contributed by atoms with Gasteiger partial charge in [0.15, 0.2) is 0 Å². The van der Waals surface area contributed by atoms with Crippen LogP contribution < -0.4 is 16.0 Å². The number of carbonyl (C=O) groups excluding carboxylic acids is 3. The molecule has 7 heteroatoms. The molecule has 0 aromatic heterocycles. The van der Waals surface area contributed by atoms with Crippen molar-refractivity contribution in [2.75, 3.05) is 10.6 Å². The Labute approximate surface area is 251 Å². The van der Waals surface area contributed by atoms with E-state index in [4.69, 9.17) is 0 Å². The number of aryl methyl sites for hydroxylation is 1. The first-order chi connectivity index (χ1) is 20.2. The number of amides is 3. The van der Waals surface area contributed by atoms with Gasteiger partial charge in [0.25, 0.3) is 11.8 Å². The number of rotatable bonds is 10.